The van der Waals surface area contributed by atoms with E-state index in [1.165, 1.54) is 0 Å². The van der Waals surface area contributed by atoms with E-state index >= 15 is 0 Å². The molecule has 0 aliphatic carbocycles. The third-order valence-electron chi connectivity index (χ3n) is 4.70. The molecule has 0 saturated carbocycles. The fourth-order valence-corrected chi connectivity index (χ4v) is 5.00. The summed E-state index contributed by atoms with van der Waals surface area (Å²) < 4.78 is 28.4. The molecule has 0 spiro atoms. The second kappa shape index (κ2) is 8.26. The quantitative estimate of drug-likeness (QED) is 0.743. The van der Waals surface area contributed by atoms with Gasteiger partial charge >= 0.3 is 0 Å². The standard InChI is InChI=1S/C16H29N3O3S/c1-3-7-14(2)17-16(20)15-8-12-19(13-9-15)23(21,22)18-10-5-4-6-11-18/h3,14-15H,1,4-13H2,2H3,(H,17,20)/t14-/m1/s1. The van der Waals surface area contributed by atoms with E-state index in [1.54, 1.807) is 14.7 Å². The molecule has 0 aromatic carbocycles. The fraction of sp³-hybridized carbons (Fsp3) is 0.812. The Morgan fingerprint density at radius 3 is 2.30 bits per heavy atom. The van der Waals surface area contributed by atoms with Crippen LogP contribution in [0.4, 0.5) is 0 Å². The van der Waals surface area contributed by atoms with Gasteiger partial charge in [-0.15, -0.1) is 6.58 Å². The predicted molar refractivity (Wildman–Crippen MR) is 91.1 cm³/mol. The molecule has 23 heavy (non-hydrogen) atoms. The second-order valence-electron chi connectivity index (χ2n) is 6.57. The summed E-state index contributed by atoms with van der Waals surface area (Å²) in [5.41, 5.74) is 0. The highest BCUT2D eigenvalue weighted by molar-refractivity contribution is 7.86. The molecule has 1 N–H and O–H groups in total. The Morgan fingerprint density at radius 2 is 1.74 bits per heavy atom. The zero-order chi connectivity index (χ0) is 16.9. The normalized spacial score (nSPS) is 23.3. The van der Waals surface area contributed by atoms with Crippen molar-refractivity contribution in [2.45, 2.75) is 51.5 Å². The summed E-state index contributed by atoms with van der Waals surface area (Å²) in [6, 6.07) is 0.0788. The molecule has 0 unspecified atom stereocenters. The van der Waals surface area contributed by atoms with E-state index in [0.717, 1.165) is 25.7 Å². The highest BCUT2D eigenvalue weighted by Crippen LogP contribution is 2.23. The van der Waals surface area contributed by atoms with E-state index in [2.05, 4.69) is 11.9 Å². The van der Waals surface area contributed by atoms with Crippen molar-refractivity contribution in [1.29, 1.82) is 0 Å². The van der Waals surface area contributed by atoms with E-state index in [0.29, 0.717) is 39.0 Å². The van der Waals surface area contributed by atoms with Crippen LogP contribution in [0.3, 0.4) is 0 Å². The van der Waals surface area contributed by atoms with Gasteiger partial charge < -0.3 is 5.32 Å². The van der Waals surface area contributed by atoms with Crippen molar-refractivity contribution >= 4 is 16.1 Å². The Hall–Kier alpha value is -0.920. The van der Waals surface area contributed by atoms with Gasteiger partial charge in [0.2, 0.25) is 5.91 Å². The van der Waals surface area contributed by atoms with Gasteiger partial charge in [-0.1, -0.05) is 12.5 Å². The van der Waals surface area contributed by atoms with Crippen LogP contribution in [0.25, 0.3) is 0 Å². The van der Waals surface area contributed by atoms with Gasteiger partial charge in [0.05, 0.1) is 0 Å². The molecular formula is C16H29N3O3S. The highest BCUT2D eigenvalue weighted by atomic mass is 32.2. The zero-order valence-corrected chi connectivity index (χ0v) is 14.9. The molecule has 0 bridgehead atoms. The molecule has 0 radical (unpaired) electrons. The van der Waals surface area contributed by atoms with E-state index in [-0.39, 0.29) is 17.9 Å². The molecule has 0 aromatic rings. The second-order valence-corrected chi connectivity index (χ2v) is 8.50. The molecule has 1 amide bonds. The Morgan fingerprint density at radius 1 is 1.17 bits per heavy atom. The van der Waals surface area contributed by atoms with Crippen molar-refractivity contribution in [2.24, 2.45) is 5.92 Å². The molecule has 132 valence electrons. The minimum absolute atomic E-state index is 0.0365. The van der Waals surface area contributed by atoms with E-state index in [1.807, 2.05) is 6.92 Å². The first-order valence-electron chi connectivity index (χ1n) is 8.61. The van der Waals surface area contributed by atoms with Crippen molar-refractivity contribution in [3.05, 3.63) is 12.7 Å². The van der Waals surface area contributed by atoms with Gasteiger partial charge in [-0.2, -0.15) is 17.0 Å². The number of amides is 1. The lowest BCUT2D eigenvalue weighted by Gasteiger charge is -2.36. The van der Waals surface area contributed by atoms with Crippen LogP contribution in [0.2, 0.25) is 0 Å². The Bertz CT molecular complexity index is 507. The molecular weight excluding hydrogens is 314 g/mol. The first-order valence-corrected chi connectivity index (χ1v) is 10.0. The summed E-state index contributed by atoms with van der Waals surface area (Å²) in [5, 5.41) is 2.98. The first-order chi connectivity index (χ1) is 10.9. The van der Waals surface area contributed by atoms with Crippen LogP contribution < -0.4 is 5.32 Å². The minimum atomic E-state index is -3.34. The molecule has 2 saturated heterocycles. The average molecular weight is 343 g/mol. The van der Waals surface area contributed by atoms with Crippen LogP contribution in [0, 0.1) is 5.92 Å². The van der Waals surface area contributed by atoms with Crippen LogP contribution in [-0.4, -0.2) is 55.2 Å². The highest BCUT2D eigenvalue weighted by Gasteiger charge is 2.35. The van der Waals surface area contributed by atoms with Gasteiger partial charge in [0.15, 0.2) is 0 Å². The third-order valence-corrected chi connectivity index (χ3v) is 6.74. The number of rotatable bonds is 6. The maximum absolute atomic E-state index is 12.6. The van der Waals surface area contributed by atoms with Crippen LogP contribution >= 0.6 is 0 Å². The number of carbonyl (C=O) groups excluding carboxylic acids is 1. The first kappa shape index (κ1) is 18.4. The number of piperidine rings is 2. The van der Waals surface area contributed by atoms with Crippen molar-refractivity contribution < 1.29 is 13.2 Å². The summed E-state index contributed by atoms with van der Waals surface area (Å²) >= 11 is 0. The van der Waals surface area contributed by atoms with Gasteiger partial charge in [-0.05, 0) is 39.0 Å². The van der Waals surface area contributed by atoms with Crippen LogP contribution in [0.1, 0.15) is 45.4 Å². The number of nitrogens with zero attached hydrogens (tertiary/aromatic N) is 2. The SMILES string of the molecule is C=CC[C@@H](C)NC(=O)C1CCN(S(=O)(=O)N2CCCCC2)CC1. The van der Waals surface area contributed by atoms with Crippen LogP contribution in [-0.2, 0) is 15.0 Å². The van der Waals surface area contributed by atoms with Gasteiger partial charge in [0.25, 0.3) is 10.2 Å². The van der Waals surface area contributed by atoms with Crippen LogP contribution in [0.15, 0.2) is 12.7 Å². The summed E-state index contributed by atoms with van der Waals surface area (Å²) in [5.74, 6) is -0.0514. The summed E-state index contributed by atoms with van der Waals surface area (Å²) in [7, 11) is -3.34. The fourth-order valence-electron chi connectivity index (χ4n) is 3.28. The lowest BCUT2D eigenvalue weighted by atomic mass is 9.97. The summed E-state index contributed by atoms with van der Waals surface area (Å²) in [6.07, 6.45) is 6.72. The number of hydrogen-bond donors (Lipinski definition) is 1. The molecule has 2 rings (SSSR count). The van der Waals surface area contributed by atoms with Crippen LogP contribution in [0.5, 0.6) is 0 Å². The van der Waals surface area contributed by atoms with Gasteiger partial charge in [0, 0.05) is 38.1 Å². The smallest absolute Gasteiger partial charge is 0.281 e. The Labute approximate surface area is 140 Å². The minimum Gasteiger partial charge on any atom is -0.353 e. The number of hydrogen-bond acceptors (Lipinski definition) is 3. The lowest BCUT2D eigenvalue weighted by Crippen LogP contribution is -2.50. The van der Waals surface area contributed by atoms with Gasteiger partial charge in [-0.3, -0.25) is 4.79 Å². The molecule has 2 fully saturated rings. The van der Waals surface area contributed by atoms with E-state index in [9.17, 15) is 13.2 Å². The zero-order valence-electron chi connectivity index (χ0n) is 14.0. The monoisotopic (exact) mass is 343 g/mol. The largest absolute Gasteiger partial charge is 0.353 e. The Kier molecular flexibility index (Phi) is 6.61. The molecule has 2 heterocycles. The van der Waals surface area contributed by atoms with Crippen molar-refractivity contribution in [1.82, 2.24) is 13.9 Å². The third kappa shape index (κ3) is 4.78. The summed E-state index contributed by atoms with van der Waals surface area (Å²) in [4.78, 5) is 12.2. The molecule has 6 nitrogen and oxygen atoms in total. The average Bonchev–Trinajstić information content (AvgIpc) is 2.56. The molecule has 7 heteroatoms. The Balaban J connectivity index is 1.85. The molecule has 2 aliphatic heterocycles. The van der Waals surface area contributed by atoms with Crippen molar-refractivity contribution in [3.63, 3.8) is 0 Å². The van der Waals surface area contributed by atoms with Gasteiger partial charge in [-0.25, -0.2) is 0 Å². The maximum Gasteiger partial charge on any atom is 0.281 e. The molecule has 1 atom stereocenters. The van der Waals surface area contributed by atoms with Crippen molar-refractivity contribution in [2.75, 3.05) is 26.2 Å². The molecule has 2 aliphatic rings. The van der Waals surface area contributed by atoms with E-state index < -0.39 is 10.2 Å². The summed E-state index contributed by atoms with van der Waals surface area (Å²) in [6.45, 7) is 7.75. The van der Waals surface area contributed by atoms with Crippen molar-refractivity contribution in [3.8, 4) is 0 Å². The topological polar surface area (TPSA) is 69.7 Å². The lowest BCUT2D eigenvalue weighted by molar-refractivity contribution is -0.126. The number of carbonyl (C=O) groups is 1. The van der Waals surface area contributed by atoms with Gasteiger partial charge in [0.1, 0.15) is 0 Å². The molecule has 0 aromatic heterocycles. The maximum atomic E-state index is 12.6. The number of nitrogens with one attached hydrogen (secondary N) is 1. The predicted octanol–water partition coefficient (Wildman–Crippen LogP) is 1.51. The van der Waals surface area contributed by atoms with E-state index in [4.69, 9.17) is 0 Å².